The summed E-state index contributed by atoms with van der Waals surface area (Å²) in [5.74, 6) is -0.729. The monoisotopic (exact) mass is 387 g/mol. The number of carbonyl (C=O) groups excluding carboxylic acids is 2. The average Bonchev–Trinajstić information content (AvgIpc) is 3.10. The molecule has 1 N–H and O–H groups in total. The highest BCUT2D eigenvalue weighted by molar-refractivity contribution is 8.01. The minimum atomic E-state index is -0.546. The number of thioether (sulfide) groups is 1. The Kier molecular flexibility index (Phi) is 4.48. The van der Waals surface area contributed by atoms with Crippen LogP contribution in [-0.2, 0) is 20.9 Å². The van der Waals surface area contributed by atoms with Gasteiger partial charge in [-0.25, -0.2) is 4.98 Å². The molecule has 0 fully saturated rings. The summed E-state index contributed by atoms with van der Waals surface area (Å²) < 4.78 is 6.64. The minimum Gasteiger partial charge on any atom is -0.459 e. The van der Waals surface area contributed by atoms with Crippen LogP contribution in [0.3, 0.4) is 0 Å². The number of aromatic nitrogens is 2. The fourth-order valence-corrected chi connectivity index (χ4v) is 4.39. The van der Waals surface area contributed by atoms with Gasteiger partial charge in [0.1, 0.15) is 6.61 Å². The smallest absolute Gasteiger partial charge is 0.307 e. The summed E-state index contributed by atoms with van der Waals surface area (Å²) in [6.45, 7) is -0.0991. The molecule has 132 valence electrons. The van der Waals surface area contributed by atoms with Crippen molar-refractivity contribution in [1.29, 1.82) is 0 Å². The van der Waals surface area contributed by atoms with E-state index in [1.54, 1.807) is 11.6 Å². The van der Waals surface area contributed by atoms with E-state index >= 15 is 0 Å². The highest BCUT2D eigenvalue weighted by Crippen LogP contribution is 2.36. The van der Waals surface area contributed by atoms with Gasteiger partial charge < -0.3 is 10.1 Å². The maximum absolute atomic E-state index is 12.1. The molecule has 1 amide bonds. The molecule has 7 nitrogen and oxygen atoms in total. The van der Waals surface area contributed by atoms with Gasteiger partial charge in [-0.05, 0) is 12.1 Å². The summed E-state index contributed by atoms with van der Waals surface area (Å²) in [5, 5.41) is 4.01. The lowest BCUT2D eigenvalue weighted by molar-refractivity contribution is -0.145. The van der Waals surface area contributed by atoms with Crippen LogP contribution in [0.5, 0.6) is 0 Å². The number of thiazole rings is 1. The van der Waals surface area contributed by atoms with Gasteiger partial charge in [-0.3, -0.25) is 18.8 Å². The van der Waals surface area contributed by atoms with E-state index in [2.05, 4.69) is 10.3 Å². The second-order valence-electron chi connectivity index (χ2n) is 5.60. The van der Waals surface area contributed by atoms with E-state index in [-0.39, 0.29) is 24.5 Å². The van der Waals surface area contributed by atoms with E-state index < -0.39 is 11.2 Å². The molecule has 26 heavy (non-hydrogen) atoms. The molecule has 3 aromatic rings. The first-order valence-corrected chi connectivity index (χ1v) is 9.54. The number of esters is 1. The van der Waals surface area contributed by atoms with E-state index in [0.29, 0.717) is 10.7 Å². The van der Waals surface area contributed by atoms with Crippen molar-refractivity contribution >= 4 is 45.6 Å². The molecule has 0 aliphatic carbocycles. The van der Waals surface area contributed by atoms with Crippen LogP contribution in [0.25, 0.3) is 4.96 Å². The van der Waals surface area contributed by atoms with E-state index in [1.165, 1.54) is 33.6 Å². The third-order valence-electron chi connectivity index (χ3n) is 3.80. The van der Waals surface area contributed by atoms with Gasteiger partial charge in [-0.2, -0.15) is 0 Å². The van der Waals surface area contributed by atoms with Crippen LogP contribution in [0.4, 0.5) is 5.69 Å². The predicted molar refractivity (Wildman–Crippen MR) is 98.5 cm³/mol. The maximum atomic E-state index is 12.1. The number of carbonyl (C=O) groups is 2. The number of nitrogens with zero attached hydrogens (tertiary/aromatic N) is 2. The van der Waals surface area contributed by atoms with Gasteiger partial charge in [0.2, 0.25) is 5.91 Å². The molecule has 1 aliphatic rings. The van der Waals surface area contributed by atoms with E-state index in [4.69, 9.17) is 4.74 Å². The van der Waals surface area contributed by atoms with Crippen LogP contribution in [0.1, 0.15) is 12.1 Å². The Labute approximate surface area is 156 Å². The second-order valence-corrected chi connectivity index (χ2v) is 7.72. The third kappa shape index (κ3) is 3.35. The minimum absolute atomic E-state index is 0.0505. The molecule has 1 unspecified atom stereocenters. The van der Waals surface area contributed by atoms with Gasteiger partial charge in [0.25, 0.3) is 5.56 Å². The molecule has 3 heterocycles. The molecule has 1 aromatic carbocycles. The summed E-state index contributed by atoms with van der Waals surface area (Å²) >= 11 is 2.67. The standard InChI is InChI=1S/C17H13N3O4S2/c21-14-7-10(18-17-20(14)5-6-25-17)9-24-15(22)8-13-16(23)19-11-3-1-2-4-12(11)26-13/h1-7,13H,8-9H2,(H,19,23). The van der Waals surface area contributed by atoms with Gasteiger partial charge >= 0.3 is 5.97 Å². The summed E-state index contributed by atoms with van der Waals surface area (Å²) in [6.07, 6.45) is 1.59. The summed E-state index contributed by atoms with van der Waals surface area (Å²) in [4.78, 5) is 41.9. The summed E-state index contributed by atoms with van der Waals surface area (Å²) in [6, 6.07) is 8.77. The normalized spacial score (nSPS) is 16.2. The summed E-state index contributed by atoms with van der Waals surface area (Å²) in [5.41, 5.74) is 0.916. The van der Waals surface area contributed by atoms with Gasteiger partial charge in [0, 0.05) is 22.5 Å². The number of rotatable bonds is 4. The van der Waals surface area contributed by atoms with Gasteiger partial charge in [0.05, 0.1) is 23.1 Å². The Morgan fingerprint density at radius 3 is 3.04 bits per heavy atom. The molecule has 1 aliphatic heterocycles. The lowest BCUT2D eigenvalue weighted by Gasteiger charge is -2.23. The van der Waals surface area contributed by atoms with Crippen molar-refractivity contribution in [2.45, 2.75) is 23.2 Å². The summed E-state index contributed by atoms with van der Waals surface area (Å²) in [7, 11) is 0. The lowest BCUT2D eigenvalue weighted by atomic mass is 10.2. The van der Waals surface area contributed by atoms with Crippen molar-refractivity contribution in [3.05, 3.63) is 58.0 Å². The van der Waals surface area contributed by atoms with Crippen molar-refractivity contribution in [2.75, 3.05) is 5.32 Å². The van der Waals surface area contributed by atoms with Crippen LogP contribution in [0, 0.1) is 0 Å². The van der Waals surface area contributed by atoms with Crippen molar-refractivity contribution in [1.82, 2.24) is 9.38 Å². The topological polar surface area (TPSA) is 89.8 Å². The van der Waals surface area contributed by atoms with Gasteiger partial charge in [-0.1, -0.05) is 12.1 Å². The number of nitrogens with one attached hydrogen (secondary N) is 1. The van der Waals surface area contributed by atoms with Crippen LogP contribution in [0.2, 0.25) is 0 Å². The molecule has 9 heteroatoms. The molecule has 0 saturated carbocycles. The zero-order chi connectivity index (χ0) is 18.1. The first kappa shape index (κ1) is 16.8. The largest absolute Gasteiger partial charge is 0.459 e. The van der Waals surface area contributed by atoms with Gasteiger partial charge in [0.15, 0.2) is 4.96 Å². The fraction of sp³-hybridized carbons (Fsp3) is 0.176. The highest BCUT2D eigenvalue weighted by atomic mass is 32.2. The van der Waals surface area contributed by atoms with Crippen molar-refractivity contribution in [2.24, 2.45) is 0 Å². The molecule has 4 rings (SSSR count). The average molecular weight is 387 g/mol. The lowest BCUT2D eigenvalue weighted by Crippen LogP contribution is -2.31. The predicted octanol–water partition coefficient (Wildman–Crippen LogP) is 2.30. The van der Waals surface area contributed by atoms with Gasteiger partial charge in [-0.15, -0.1) is 23.1 Å². The zero-order valence-corrected chi connectivity index (χ0v) is 15.0. The number of anilines is 1. The number of para-hydroxylation sites is 1. The fourth-order valence-electron chi connectivity index (χ4n) is 2.55. The van der Waals surface area contributed by atoms with Crippen LogP contribution in [-0.4, -0.2) is 26.5 Å². The molecular formula is C17H13N3O4S2. The molecule has 0 spiro atoms. The van der Waals surface area contributed by atoms with E-state index in [9.17, 15) is 14.4 Å². The first-order chi connectivity index (χ1) is 12.6. The van der Waals surface area contributed by atoms with Crippen molar-refractivity contribution in [3.8, 4) is 0 Å². The van der Waals surface area contributed by atoms with Crippen LogP contribution < -0.4 is 10.9 Å². The van der Waals surface area contributed by atoms with Crippen molar-refractivity contribution in [3.63, 3.8) is 0 Å². The number of fused-ring (bicyclic) bond motifs is 2. The van der Waals surface area contributed by atoms with Crippen LogP contribution >= 0.6 is 23.1 Å². The number of benzene rings is 1. The number of hydrogen-bond donors (Lipinski definition) is 1. The maximum Gasteiger partial charge on any atom is 0.307 e. The van der Waals surface area contributed by atoms with Crippen molar-refractivity contribution < 1.29 is 14.3 Å². The molecular weight excluding hydrogens is 374 g/mol. The molecule has 0 radical (unpaired) electrons. The SMILES string of the molecule is O=C(CC1Sc2ccccc2NC1=O)OCc1cc(=O)n2ccsc2n1. The van der Waals surface area contributed by atoms with Crippen LogP contribution in [0.15, 0.2) is 51.6 Å². The molecule has 0 bridgehead atoms. The quantitative estimate of drug-likeness (QED) is 0.691. The Morgan fingerprint density at radius 2 is 2.15 bits per heavy atom. The molecule has 2 aromatic heterocycles. The Balaban J connectivity index is 1.39. The Hall–Kier alpha value is -2.65. The van der Waals surface area contributed by atoms with E-state index in [0.717, 1.165) is 10.6 Å². The first-order valence-electron chi connectivity index (χ1n) is 7.78. The molecule has 0 saturated heterocycles. The second kappa shape index (κ2) is 6.93. The molecule has 1 atom stereocenters. The van der Waals surface area contributed by atoms with E-state index in [1.807, 2.05) is 24.3 Å². The number of hydrogen-bond acceptors (Lipinski definition) is 7. The third-order valence-corrected chi connectivity index (χ3v) is 5.83. The number of amides is 1. The Bertz CT molecular complexity index is 1060. The number of ether oxygens (including phenoxy) is 1. The zero-order valence-electron chi connectivity index (χ0n) is 13.4. The Morgan fingerprint density at radius 1 is 1.31 bits per heavy atom. The highest BCUT2D eigenvalue weighted by Gasteiger charge is 2.29.